The molecule has 1 aliphatic rings. The second-order valence-corrected chi connectivity index (χ2v) is 7.10. The predicted molar refractivity (Wildman–Crippen MR) is 75.4 cm³/mol. The summed E-state index contributed by atoms with van der Waals surface area (Å²) >= 11 is 0. The lowest BCUT2D eigenvalue weighted by atomic mass is 10.3. The number of benzene rings is 1. The second kappa shape index (κ2) is 6.06. The summed E-state index contributed by atoms with van der Waals surface area (Å²) in [5.74, 6) is -0.579. The van der Waals surface area contributed by atoms with Crippen LogP contribution in [0.15, 0.2) is 35.4 Å². The van der Waals surface area contributed by atoms with E-state index in [0.29, 0.717) is 18.7 Å². The molecule has 2 aromatic rings. The number of fused-ring (bicyclic) bond motifs is 1. The van der Waals surface area contributed by atoms with Gasteiger partial charge in [0, 0.05) is 19.2 Å². The highest BCUT2D eigenvalue weighted by atomic mass is 32.2. The van der Waals surface area contributed by atoms with Crippen molar-refractivity contribution < 1.29 is 26.3 Å². The Morgan fingerprint density at radius 1 is 1.21 bits per heavy atom. The van der Waals surface area contributed by atoms with Crippen molar-refractivity contribution in [3.05, 3.63) is 36.2 Å². The Hall–Kier alpha value is -2.14. The summed E-state index contributed by atoms with van der Waals surface area (Å²) in [7, 11) is -3.97. The highest BCUT2D eigenvalue weighted by Gasteiger charge is 2.32. The van der Waals surface area contributed by atoms with Crippen molar-refractivity contribution in [2.45, 2.75) is 30.8 Å². The van der Waals surface area contributed by atoms with E-state index in [-0.39, 0.29) is 18.0 Å². The third-order valence-electron chi connectivity index (χ3n) is 3.49. The number of hydrogen-bond acceptors (Lipinski definition) is 5. The molecule has 1 aliphatic heterocycles. The molecule has 0 saturated heterocycles. The van der Waals surface area contributed by atoms with Gasteiger partial charge in [-0.25, -0.2) is 13.1 Å². The molecule has 3 rings (SSSR count). The van der Waals surface area contributed by atoms with Gasteiger partial charge in [0.2, 0.25) is 10.0 Å². The molecule has 0 atom stereocenters. The minimum absolute atomic E-state index is 0.0552. The molecule has 0 amide bonds. The van der Waals surface area contributed by atoms with Crippen LogP contribution in [-0.4, -0.2) is 40.6 Å². The molecule has 130 valence electrons. The number of sulfonamides is 1. The highest BCUT2D eigenvalue weighted by molar-refractivity contribution is 7.89. The molecule has 2 heterocycles. The molecule has 0 aliphatic carbocycles. The first-order valence-corrected chi connectivity index (χ1v) is 8.43. The van der Waals surface area contributed by atoms with E-state index in [1.807, 2.05) is 0 Å². The zero-order chi connectivity index (χ0) is 17.4. The first kappa shape index (κ1) is 16.7. The fourth-order valence-corrected chi connectivity index (χ4v) is 3.92. The van der Waals surface area contributed by atoms with Crippen LogP contribution in [0.1, 0.15) is 12.1 Å². The molecular formula is C13H13F3N4O3S. The first-order valence-electron chi connectivity index (χ1n) is 6.99. The Morgan fingerprint density at radius 3 is 2.75 bits per heavy atom. The lowest BCUT2D eigenvalue weighted by Gasteiger charge is -2.20. The molecule has 0 unspecified atom stereocenters. The summed E-state index contributed by atoms with van der Waals surface area (Å²) in [6.07, 6.45) is -2.89. The van der Waals surface area contributed by atoms with Gasteiger partial charge in [-0.1, -0.05) is 11.3 Å². The number of halogens is 3. The zero-order valence-corrected chi connectivity index (χ0v) is 13.1. The molecule has 0 radical (unpaired) electrons. The van der Waals surface area contributed by atoms with Crippen LogP contribution in [0.25, 0.3) is 0 Å². The Kier molecular flexibility index (Phi) is 4.22. The number of hydrogen-bond donors (Lipinski definition) is 0. The lowest BCUT2D eigenvalue weighted by Crippen LogP contribution is -2.31. The molecule has 11 heteroatoms. The fourth-order valence-electron chi connectivity index (χ4n) is 2.43. The second-order valence-electron chi connectivity index (χ2n) is 5.16. The van der Waals surface area contributed by atoms with E-state index in [0.717, 1.165) is 12.1 Å². The summed E-state index contributed by atoms with van der Waals surface area (Å²) in [5, 5.41) is 7.60. The number of rotatable bonds is 3. The molecule has 7 nitrogen and oxygen atoms in total. The van der Waals surface area contributed by atoms with Gasteiger partial charge in [0.25, 0.3) is 0 Å². The van der Waals surface area contributed by atoms with E-state index < -0.39 is 22.1 Å². The minimum Gasteiger partial charge on any atom is -0.406 e. The van der Waals surface area contributed by atoms with Crippen molar-refractivity contribution in [2.24, 2.45) is 0 Å². The zero-order valence-electron chi connectivity index (χ0n) is 12.3. The maximum atomic E-state index is 12.7. The van der Waals surface area contributed by atoms with Gasteiger partial charge < -0.3 is 4.74 Å². The quantitative estimate of drug-likeness (QED) is 0.832. The van der Waals surface area contributed by atoms with Crippen molar-refractivity contribution in [3.8, 4) is 5.75 Å². The molecule has 0 bridgehead atoms. The van der Waals surface area contributed by atoms with Crippen molar-refractivity contribution in [2.75, 3.05) is 6.54 Å². The van der Waals surface area contributed by atoms with Gasteiger partial charge in [-0.3, -0.25) is 0 Å². The first-order chi connectivity index (χ1) is 11.3. The van der Waals surface area contributed by atoms with Crippen LogP contribution in [0.2, 0.25) is 0 Å². The Bertz CT molecular complexity index is 835. The van der Waals surface area contributed by atoms with Gasteiger partial charge in [-0.15, -0.1) is 18.3 Å². The van der Waals surface area contributed by atoms with Crippen molar-refractivity contribution in [1.29, 1.82) is 0 Å². The van der Waals surface area contributed by atoms with Gasteiger partial charge in [-0.05, 0) is 18.6 Å². The average Bonchev–Trinajstić information content (AvgIpc) is 2.82. The molecule has 1 aromatic heterocycles. The summed E-state index contributed by atoms with van der Waals surface area (Å²) in [4.78, 5) is -0.259. The van der Waals surface area contributed by atoms with Crippen molar-refractivity contribution >= 4 is 10.0 Å². The van der Waals surface area contributed by atoms with Gasteiger partial charge >= 0.3 is 6.36 Å². The predicted octanol–water partition coefficient (Wildman–Crippen LogP) is 1.77. The molecule has 0 N–H and O–H groups in total. The summed E-state index contributed by atoms with van der Waals surface area (Å²) in [6, 6.07) is 4.35. The normalized spacial score (nSPS) is 16.5. The molecule has 0 saturated carbocycles. The van der Waals surface area contributed by atoms with E-state index in [4.69, 9.17) is 0 Å². The van der Waals surface area contributed by atoms with Gasteiger partial charge in [0.1, 0.15) is 5.75 Å². The number of nitrogens with zero attached hydrogens (tertiary/aromatic N) is 4. The largest absolute Gasteiger partial charge is 0.573 e. The van der Waals surface area contributed by atoms with Gasteiger partial charge in [0.15, 0.2) is 0 Å². The smallest absolute Gasteiger partial charge is 0.406 e. The van der Waals surface area contributed by atoms with E-state index in [2.05, 4.69) is 15.0 Å². The minimum atomic E-state index is -4.89. The molecule has 1 aromatic carbocycles. The summed E-state index contributed by atoms with van der Waals surface area (Å²) < 4.78 is 69.0. The maximum absolute atomic E-state index is 12.7. The fraction of sp³-hybridized carbons (Fsp3) is 0.385. The number of ether oxygens (including phenoxy) is 1. The van der Waals surface area contributed by atoms with Crippen LogP contribution in [0, 0.1) is 0 Å². The molecule has 0 fully saturated rings. The van der Waals surface area contributed by atoms with Crippen molar-refractivity contribution in [1.82, 2.24) is 19.3 Å². The maximum Gasteiger partial charge on any atom is 0.573 e. The van der Waals surface area contributed by atoms with E-state index in [1.165, 1.54) is 22.6 Å². The molecule has 24 heavy (non-hydrogen) atoms. The standard InChI is InChI=1S/C13H13F3N4O3S/c14-13(15,16)23-11-3-1-4-12(7-11)24(21,22)19-5-2-6-20-10(9-19)8-17-18-20/h1,3-4,7-8H,2,5-6,9H2. The SMILES string of the molecule is O=S(=O)(c1cccc(OC(F)(F)F)c1)N1CCCn2nncc2C1. The van der Waals surface area contributed by atoms with Crippen molar-refractivity contribution in [3.63, 3.8) is 0 Å². The Morgan fingerprint density at radius 2 is 2.00 bits per heavy atom. The van der Waals surface area contributed by atoms with E-state index in [1.54, 1.807) is 4.68 Å². The summed E-state index contributed by atoms with van der Waals surface area (Å²) in [6.45, 7) is 0.814. The highest BCUT2D eigenvalue weighted by Crippen LogP contribution is 2.27. The van der Waals surface area contributed by atoms with Crippen LogP contribution in [-0.2, 0) is 23.1 Å². The number of aromatic nitrogens is 3. The van der Waals surface area contributed by atoms with Crippen LogP contribution < -0.4 is 4.74 Å². The summed E-state index contributed by atoms with van der Waals surface area (Å²) in [5.41, 5.74) is 0.624. The topological polar surface area (TPSA) is 77.3 Å². The van der Waals surface area contributed by atoms with E-state index >= 15 is 0 Å². The monoisotopic (exact) mass is 362 g/mol. The third-order valence-corrected chi connectivity index (χ3v) is 5.33. The van der Waals surface area contributed by atoms with Gasteiger partial charge in [-0.2, -0.15) is 4.31 Å². The molecule has 0 spiro atoms. The lowest BCUT2D eigenvalue weighted by molar-refractivity contribution is -0.274. The Balaban J connectivity index is 1.89. The van der Waals surface area contributed by atoms with Crippen LogP contribution in [0.5, 0.6) is 5.75 Å². The van der Waals surface area contributed by atoms with Gasteiger partial charge in [0.05, 0.1) is 23.3 Å². The van der Waals surface area contributed by atoms with Crippen LogP contribution in [0.3, 0.4) is 0 Å². The van der Waals surface area contributed by atoms with Crippen LogP contribution >= 0.6 is 0 Å². The number of alkyl halides is 3. The van der Waals surface area contributed by atoms with Crippen LogP contribution in [0.4, 0.5) is 13.2 Å². The third kappa shape index (κ3) is 3.51. The Labute approximate surface area is 135 Å². The average molecular weight is 362 g/mol. The van der Waals surface area contributed by atoms with E-state index in [9.17, 15) is 21.6 Å². The molecular weight excluding hydrogens is 349 g/mol. The number of aryl methyl sites for hydroxylation is 1.